The van der Waals surface area contributed by atoms with Crippen LogP contribution in [0.4, 0.5) is 0 Å². The number of nitrogens with zero attached hydrogens (tertiary/aromatic N) is 2. The standard InChI is InChI=1S/C11H17N3O2/c1-14-7-6-9(13-14)11(16)12-8-4-2-3-5-10(8)15/h6-8,10,15H,2-5H2,1H3,(H,12,16)/t8-,10-/m1/s1. The molecule has 1 saturated carbocycles. The van der Waals surface area contributed by atoms with Gasteiger partial charge in [-0.05, 0) is 18.9 Å². The zero-order valence-electron chi connectivity index (χ0n) is 9.39. The van der Waals surface area contributed by atoms with Crippen LogP contribution >= 0.6 is 0 Å². The fourth-order valence-corrected chi connectivity index (χ4v) is 2.06. The van der Waals surface area contributed by atoms with Crippen LogP contribution in [0.1, 0.15) is 36.2 Å². The molecule has 1 aromatic heterocycles. The van der Waals surface area contributed by atoms with Crippen molar-refractivity contribution in [2.75, 3.05) is 0 Å². The zero-order chi connectivity index (χ0) is 11.5. The van der Waals surface area contributed by atoms with Crippen molar-refractivity contribution in [3.8, 4) is 0 Å². The predicted octanol–water partition coefficient (Wildman–Crippen LogP) is 0.453. The minimum absolute atomic E-state index is 0.122. The van der Waals surface area contributed by atoms with E-state index in [0.29, 0.717) is 5.69 Å². The number of aromatic nitrogens is 2. The first-order valence-corrected chi connectivity index (χ1v) is 5.65. The van der Waals surface area contributed by atoms with Crippen LogP contribution in [-0.2, 0) is 7.05 Å². The maximum Gasteiger partial charge on any atom is 0.272 e. The van der Waals surface area contributed by atoms with Crippen molar-refractivity contribution in [2.24, 2.45) is 7.05 Å². The van der Waals surface area contributed by atoms with E-state index in [1.165, 1.54) is 0 Å². The molecule has 0 saturated heterocycles. The Morgan fingerprint density at radius 2 is 2.31 bits per heavy atom. The van der Waals surface area contributed by atoms with Crippen LogP contribution in [0.2, 0.25) is 0 Å². The summed E-state index contributed by atoms with van der Waals surface area (Å²) in [6.07, 6.45) is 5.03. The van der Waals surface area contributed by atoms with Gasteiger partial charge in [0.05, 0.1) is 12.1 Å². The van der Waals surface area contributed by atoms with Gasteiger partial charge in [0.1, 0.15) is 5.69 Å². The second kappa shape index (κ2) is 4.65. The molecule has 5 nitrogen and oxygen atoms in total. The molecule has 0 spiro atoms. The Hall–Kier alpha value is -1.36. The Bertz CT molecular complexity index is 375. The monoisotopic (exact) mass is 223 g/mol. The summed E-state index contributed by atoms with van der Waals surface area (Å²) in [6.45, 7) is 0. The van der Waals surface area contributed by atoms with Crippen molar-refractivity contribution in [3.05, 3.63) is 18.0 Å². The number of hydrogen-bond acceptors (Lipinski definition) is 3. The average Bonchev–Trinajstić information content (AvgIpc) is 2.68. The summed E-state index contributed by atoms with van der Waals surface area (Å²) in [6, 6.07) is 1.55. The molecule has 0 bridgehead atoms. The van der Waals surface area contributed by atoms with E-state index < -0.39 is 6.10 Å². The fourth-order valence-electron chi connectivity index (χ4n) is 2.06. The maximum atomic E-state index is 11.8. The predicted molar refractivity (Wildman–Crippen MR) is 58.9 cm³/mol. The third kappa shape index (κ3) is 2.41. The molecule has 1 aliphatic rings. The molecule has 1 aliphatic carbocycles. The Balaban J connectivity index is 1.96. The Morgan fingerprint density at radius 3 is 2.94 bits per heavy atom. The summed E-state index contributed by atoms with van der Waals surface area (Å²) in [4.78, 5) is 11.8. The molecule has 0 radical (unpaired) electrons. The minimum Gasteiger partial charge on any atom is -0.391 e. The topological polar surface area (TPSA) is 67.2 Å². The van der Waals surface area contributed by atoms with E-state index in [4.69, 9.17) is 0 Å². The summed E-state index contributed by atoms with van der Waals surface area (Å²) in [5, 5.41) is 16.6. The van der Waals surface area contributed by atoms with Crippen molar-refractivity contribution < 1.29 is 9.90 Å². The van der Waals surface area contributed by atoms with Crippen LogP contribution in [0.15, 0.2) is 12.3 Å². The highest BCUT2D eigenvalue weighted by Crippen LogP contribution is 2.18. The third-order valence-electron chi connectivity index (χ3n) is 2.99. The van der Waals surface area contributed by atoms with Crippen molar-refractivity contribution >= 4 is 5.91 Å². The first kappa shape index (κ1) is 11.1. The number of amides is 1. The number of nitrogens with one attached hydrogen (secondary N) is 1. The molecule has 0 aliphatic heterocycles. The van der Waals surface area contributed by atoms with Gasteiger partial charge in [-0.2, -0.15) is 5.10 Å². The van der Waals surface area contributed by atoms with E-state index in [-0.39, 0.29) is 11.9 Å². The van der Waals surface area contributed by atoms with Crippen molar-refractivity contribution in [1.29, 1.82) is 0 Å². The van der Waals surface area contributed by atoms with E-state index in [0.717, 1.165) is 25.7 Å². The highest BCUT2D eigenvalue weighted by atomic mass is 16.3. The molecule has 2 rings (SSSR count). The van der Waals surface area contributed by atoms with Crippen LogP contribution in [0, 0.1) is 0 Å². The normalized spacial score (nSPS) is 25.4. The first-order valence-electron chi connectivity index (χ1n) is 5.65. The molecule has 5 heteroatoms. The number of aryl methyl sites for hydroxylation is 1. The molecular weight excluding hydrogens is 206 g/mol. The van der Waals surface area contributed by atoms with Gasteiger partial charge in [-0.3, -0.25) is 9.48 Å². The SMILES string of the molecule is Cn1ccc(C(=O)N[C@@H]2CCCC[C@H]2O)n1. The number of rotatable bonds is 2. The lowest BCUT2D eigenvalue weighted by Crippen LogP contribution is -2.45. The first-order chi connectivity index (χ1) is 7.66. The second-order valence-electron chi connectivity index (χ2n) is 4.31. The molecule has 1 heterocycles. The van der Waals surface area contributed by atoms with Crippen LogP contribution in [0.25, 0.3) is 0 Å². The smallest absolute Gasteiger partial charge is 0.272 e. The summed E-state index contributed by atoms with van der Waals surface area (Å²) >= 11 is 0. The van der Waals surface area contributed by atoms with Gasteiger partial charge in [0.15, 0.2) is 0 Å². The van der Waals surface area contributed by atoms with Gasteiger partial charge < -0.3 is 10.4 Å². The van der Waals surface area contributed by atoms with Gasteiger partial charge in [0.25, 0.3) is 5.91 Å². The van der Waals surface area contributed by atoms with Gasteiger partial charge in [0.2, 0.25) is 0 Å². The molecule has 0 unspecified atom stereocenters. The van der Waals surface area contributed by atoms with E-state index >= 15 is 0 Å². The Morgan fingerprint density at radius 1 is 1.56 bits per heavy atom. The van der Waals surface area contributed by atoms with Crippen molar-refractivity contribution in [3.63, 3.8) is 0 Å². The molecule has 2 N–H and O–H groups in total. The third-order valence-corrected chi connectivity index (χ3v) is 2.99. The molecule has 2 atom stereocenters. The summed E-state index contributed by atoms with van der Waals surface area (Å²) in [7, 11) is 1.77. The molecule has 88 valence electrons. The maximum absolute atomic E-state index is 11.8. The van der Waals surface area contributed by atoms with Crippen LogP contribution in [0.3, 0.4) is 0 Å². The molecular formula is C11H17N3O2. The number of aliphatic hydroxyl groups is 1. The zero-order valence-corrected chi connectivity index (χ0v) is 9.39. The average molecular weight is 223 g/mol. The Kier molecular flexibility index (Phi) is 3.24. The quantitative estimate of drug-likeness (QED) is 0.765. The lowest BCUT2D eigenvalue weighted by Gasteiger charge is -2.27. The van der Waals surface area contributed by atoms with Gasteiger partial charge in [-0.25, -0.2) is 0 Å². The highest BCUT2D eigenvalue weighted by molar-refractivity contribution is 5.92. The summed E-state index contributed by atoms with van der Waals surface area (Å²) in [5.41, 5.74) is 0.403. The molecule has 1 fully saturated rings. The van der Waals surface area contributed by atoms with E-state index in [1.54, 1.807) is 24.0 Å². The number of hydrogen-bond donors (Lipinski definition) is 2. The van der Waals surface area contributed by atoms with Crippen molar-refractivity contribution in [1.82, 2.24) is 15.1 Å². The number of carbonyl (C=O) groups is 1. The van der Waals surface area contributed by atoms with Gasteiger partial charge >= 0.3 is 0 Å². The van der Waals surface area contributed by atoms with Gasteiger partial charge in [-0.15, -0.1) is 0 Å². The van der Waals surface area contributed by atoms with E-state index in [9.17, 15) is 9.90 Å². The van der Waals surface area contributed by atoms with Crippen LogP contribution in [-0.4, -0.2) is 32.9 Å². The molecule has 16 heavy (non-hydrogen) atoms. The van der Waals surface area contributed by atoms with E-state index in [1.807, 2.05) is 0 Å². The van der Waals surface area contributed by atoms with Gasteiger partial charge in [0, 0.05) is 13.2 Å². The van der Waals surface area contributed by atoms with Crippen molar-refractivity contribution in [2.45, 2.75) is 37.8 Å². The lowest BCUT2D eigenvalue weighted by atomic mass is 9.92. The summed E-state index contributed by atoms with van der Waals surface area (Å²) in [5.74, 6) is -0.202. The Labute approximate surface area is 94.5 Å². The van der Waals surface area contributed by atoms with Crippen LogP contribution in [0.5, 0.6) is 0 Å². The largest absolute Gasteiger partial charge is 0.391 e. The number of aliphatic hydroxyl groups excluding tert-OH is 1. The molecule has 1 amide bonds. The number of carbonyl (C=O) groups excluding carboxylic acids is 1. The molecule has 1 aromatic rings. The second-order valence-corrected chi connectivity index (χ2v) is 4.31. The fraction of sp³-hybridized carbons (Fsp3) is 0.636. The highest BCUT2D eigenvalue weighted by Gasteiger charge is 2.25. The minimum atomic E-state index is -0.415. The summed E-state index contributed by atoms with van der Waals surface area (Å²) < 4.78 is 1.59. The molecule has 0 aromatic carbocycles. The van der Waals surface area contributed by atoms with E-state index in [2.05, 4.69) is 10.4 Å². The lowest BCUT2D eigenvalue weighted by molar-refractivity contribution is 0.0713. The van der Waals surface area contributed by atoms with Crippen LogP contribution < -0.4 is 5.32 Å². The van der Waals surface area contributed by atoms with Gasteiger partial charge in [-0.1, -0.05) is 12.8 Å².